The second-order valence-corrected chi connectivity index (χ2v) is 7.17. The largest absolute Gasteiger partial charge is 0.392 e. The van der Waals surface area contributed by atoms with Crippen molar-refractivity contribution >= 4 is 10.0 Å². The van der Waals surface area contributed by atoms with Crippen molar-refractivity contribution in [1.82, 2.24) is 14.2 Å². The zero-order valence-corrected chi connectivity index (χ0v) is 12.7. The van der Waals surface area contributed by atoms with Crippen LogP contribution in [0.5, 0.6) is 0 Å². The van der Waals surface area contributed by atoms with E-state index in [4.69, 9.17) is 5.11 Å². The van der Waals surface area contributed by atoms with E-state index in [2.05, 4.69) is 4.98 Å². The van der Waals surface area contributed by atoms with Gasteiger partial charge in [0.25, 0.3) is 10.0 Å². The number of rotatable bonds is 5. The molecule has 0 aliphatic carbocycles. The molecule has 0 saturated carbocycles. The lowest BCUT2D eigenvalue weighted by atomic mass is 10.2. The summed E-state index contributed by atoms with van der Waals surface area (Å²) in [4.78, 5) is 5.98. The number of hydrogen-bond acceptors (Lipinski definition) is 5. The summed E-state index contributed by atoms with van der Waals surface area (Å²) in [5.74, 6) is 0. The van der Waals surface area contributed by atoms with Gasteiger partial charge in [-0.1, -0.05) is 6.07 Å². The number of sulfonamides is 1. The first-order chi connectivity index (χ1) is 9.45. The normalized spacial score (nSPS) is 20.7. The van der Waals surface area contributed by atoms with Crippen LogP contribution in [0.3, 0.4) is 0 Å². The highest BCUT2D eigenvalue weighted by Gasteiger charge is 2.36. The predicted octanol–water partition coefficient (Wildman–Crippen LogP) is 0.289. The molecule has 0 radical (unpaired) electrons. The Balaban J connectivity index is 2.24. The highest BCUT2D eigenvalue weighted by Crippen LogP contribution is 2.25. The van der Waals surface area contributed by atoms with Crippen LogP contribution in [-0.4, -0.2) is 60.9 Å². The Morgan fingerprint density at radius 1 is 1.45 bits per heavy atom. The molecule has 0 bridgehead atoms. The summed E-state index contributed by atoms with van der Waals surface area (Å²) in [7, 11) is 0.339. The average molecular weight is 299 g/mol. The summed E-state index contributed by atoms with van der Waals surface area (Å²) < 4.78 is 26.8. The number of pyridine rings is 1. The molecule has 2 rings (SSSR count). The van der Waals surface area contributed by atoms with Crippen LogP contribution in [-0.2, 0) is 16.6 Å². The maximum Gasteiger partial charge on any atom is 0.260 e. The lowest BCUT2D eigenvalue weighted by Crippen LogP contribution is -2.41. The van der Waals surface area contributed by atoms with E-state index >= 15 is 0 Å². The van der Waals surface area contributed by atoms with Gasteiger partial charge >= 0.3 is 0 Å². The van der Waals surface area contributed by atoms with Crippen molar-refractivity contribution in [1.29, 1.82) is 0 Å². The third-order valence-electron chi connectivity index (χ3n) is 3.45. The molecule has 0 spiro atoms. The van der Waals surface area contributed by atoms with Crippen molar-refractivity contribution in [2.24, 2.45) is 0 Å². The molecule has 1 aromatic heterocycles. The molecular formula is C13H21N3O3S. The molecule has 1 unspecified atom stereocenters. The van der Waals surface area contributed by atoms with Gasteiger partial charge in [-0.15, -0.1) is 0 Å². The van der Waals surface area contributed by atoms with Crippen LogP contribution >= 0.6 is 0 Å². The number of likely N-dealkylation sites (N-methyl/N-ethyl adjacent to an activating group) is 1. The van der Waals surface area contributed by atoms with E-state index in [1.165, 1.54) is 12.3 Å². The van der Waals surface area contributed by atoms with Gasteiger partial charge in [-0.3, -0.25) is 0 Å². The third-order valence-corrected chi connectivity index (χ3v) is 5.32. The molecule has 6 nitrogen and oxygen atoms in total. The van der Waals surface area contributed by atoms with Gasteiger partial charge in [-0.05, 0) is 38.6 Å². The van der Waals surface area contributed by atoms with Crippen LogP contribution in [0, 0.1) is 0 Å². The van der Waals surface area contributed by atoms with Crippen molar-refractivity contribution in [3.8, 4) is 0 Å². The van der Waals surface area contributed by atoms with Gasteiger partial charge in [-0.2, -0.15) is 4.31 Å². The summed E-state index contributed by atoms with van der Waals surface area (Å²) in [6.45, 7) is 1.12. The molecule has 1 atom stereocenters. The highest BCUT2D eigenvalue weighted by atomic mass is 32.2. The van der Waals surface area contributed by atoms with Crippen LogP contribution in [0.1, 0.15) is 18.4 Å². The van der Waals surface area contributed by atoms with Crippen molar-refractivity contribution in [2.75, 3.05) is 27.2 Å². The lowest BCUT2D eigenvalue weighted by Gasteiger charge is -2.26. The van der Waals surface area contributed by atoms with E-state index in [-0.39, 0.29) is 17.7 Å². The Hall–Kier alpha value is -1.02. The number of aromatic nitrogens is 1. The Morgan fingerprint density at radius 2 is 2.20 bits per heavy atom. The fourth-order valence-electron chi connectivity index (χ4n) is 2.51. The highest BCUT2D eigenvalue weighted by molar-refractivity contribution is 7.89. The van der Waals surface area contributed by atoms with Gasteiger partial charge in [-0.25, -0.2) is 13.4 Å². The Bertz CT molecular complexity index is 542. The third kappa shape index (κ3) is 3.17. The molecule has 1 fully saturated rings. The molecule has 1 N–H and O–H groups in total. The number of aliphatic hydroxyl groups excluding tert-OH is 1. The minimum Gasteiger partial charge on any atom is -0.392 e. The monoisotopic (exact) mass is 299 g/mol. The van der Waals surface area contributed by atoms with E-state index in [1.807, 2.05) is 19.0 Å². The molecule has 112 valence electrons. The van der Waals surface area contributed by atoms with Gasteiger partial charge in [0.05, 0.1) is 6.61 Å². The molecule has 0 amide bonds. The van der Waals surface area contributed by atoms with E-state index in [0.717, 1.165) is 12.8 Å². The molecule has 1 aliphatic heterocycles. The first kappa shape index (κ1) is 15.4. The molecule has 20 heavy (non-hydrogen) atoms. The van der Waals surface area contributed by atoms with E-state index in [9.17, 15) is 8.42 Å². The minimum absolute atomic E-state index is 0.00863. The second-order valence-electron chi connectivity index (χ2n) is 5.34. The van der Waals surface area contributed by atoms with Crippen LogP contribution in [0.4, 0.5) is 0 Å². The average Bonchev–Trinajstić information content (AvgIpc) is 2.87. The van der Waals surface area contributed by atoms with Crippen molar-refractivity contribution in [3.05, 3.63) is 23.9 Å². The molecule has 0 aromatic carbocycles. The lowest BCUT2D eigenvalue weighted by molar-refractivity contribution is 0.281. The van der Waals surface area contributed by atoms with E-state index in [0.29, 0.717) is 18.7 Å². The quantitative estimate of drug-likeness (QED) is 0.846. The van der Waals surface area contributed by atoms with Gasteiger partial charge < -0.3 is 10.0 Å². The molecule has 1 aromatic rings. The second kappa shape index (κ2) is 6.17. The Labute approximate surface area is 120 Å². The summed E-state index contributed by atoms with van der Waals surface area (Å²) in [5, 5.41) is 9.03. The topological polar surface area (TPSA) is 73.7 Å². The summed E-state index contributed by atoms with van der Waals surface area (Å²) in [5.41, 5.74) is 0.607. The summed E-state index contributed by atoms with van der Waals surface area (Å²) in [6, 6.07) is 3.07. The zero-order chi connectivity index (χ0) is 14.8. The van der Waals surface area contributed by atoms with Crippen LogP contribution in [0.2, 0.25) is 0 Å². The standard InChI is InChI=1S/C13H21N3O3S/c1-15(2)9-12-4-3-7-16(12)20(18,19)13-6-5-11(10-17)8-14-13/h5-6,8,12,17H,3-4,7,9-10H2,1-2H3. The molecule has 1 aliphatic rings. The van der Waals surface area contributed by atoms with Crippen LogP contribution in [0.25, 0.3) is 0 Å². The smallest absolute Gasteiger partial charge is 0.260 e. The fraction of sp³-hybridized carbons (Fsp3) is 0.615. The van der Waals surface area contributed by atoms with Crippen molar-refractivity contribution in [3.63, 3.8) is 0 Å². The Morgan fingerprint density at radius 3 is 2.75 bits per heavy atom. The maximum absolute atomic E-state index is 12.6. The van der Waals surface area contributed by atoms with E-state index in [1.54, 1.807) is 10.4 Å². The number of hydrogen-bond donors (Lipinski definition) is 1. The van der Waals surface area contributed by atoms with Crippen LogP contribution in [0.15, 0.2) is 23.4 Å². The summed E-state index contributed by atoms with van der Waals surface area (Å²) >= 11 is 0. The van der Waals surface area contributed by atoms with Gasteiger partial charge in [0.2, 0.25) is 0 Å². The molecule has 2 heterocycles. The number of aliphatic hydroxyl groups is 1. The molecule has 1 saturated heterocycles. The van der Waals surface area contributed by atoms with Gasteiger partial charge in [0.15, 0.2) is 5.03 Å². The first-order valence-corrected chi connectivity index (χ1v) is 8.11. The maximum atomic E-state index is 12.6. The predicted molar refractivity (Wildman–Crippen MR) is 75.6 cm³/mol. The summed E-state index contributed by atoms with van der Waals surface area (Å²) in [6.07, 6.45) is 3.17. The molecular weight excluding hydrogens is 278 g/mol. The fourth-order valence-corrected chi connectivity index (χ4v) is 4.11. The number of nitrogens with zero attached hydrogens (tertiary/aromatic N) is 3. The molecule has 7 heteroatoms. The van der Waals surface area contributed by atoms with Crippen LogP contribution < -0.4 is 0 Å². The van der Waals surface area contributed by atoms with E-state index < -0.39 is 10.0 Å². The first-order valence-electron chi connectivity index (χ1n) is 6.67. The minimum atomic E-state index is -3.54. The van der Waals surface area contributed by atoms with Crippen molar-refractivity contribution < 1.29 is 13.5 Å². The Kier molecular flexibility index (Phi) is 4.74. The SMILES string of the molecule is CN(C)CC1CCCN1S(=O)(=O)c1ccc(CO)cn1. The zero-order valence-electron chi connectivity index (χ0n) is 11.9. The van der Waals surface area contributed by atoms with Crippen molar-refractivity contribution in [2.45, 2.75) is 30.5 Å². The van der Waals surface area contributed by atoms with Gasteiger partial charge in [0, 0.05) is 25.3 Å². The van der Waals surface area contributed by atoms with Gasteiger partial charge in [0.1, 0.15) is 0 Å².